The summed E-state index contributed by atoms with van der Waals surface area (Å²) in [6, 6.07) is 5.98. The summed E-state index contributed by atoms with van der Waals surface area (Å²) in [5.74, 6) is 0.447. The van der Waals surface area contributed by atoms with Gasteiger partial charge >= 0.3 is 5.97 Å². The van der Waals surface area contributed by atoms with Gasteiger partial charge in [0.1, 0.15) is 11.6 Å². The number of anilines is 1. The van der Waals surface area contributed by atoms with Gasteiger partial charge in [-0.2, -0.15) is 0 Å². The van der Waals surface area contributed by atoms with Crippen molar-refractivity contribution in [2.24, 2.45) is 0 Å². The lowest BCUT2D eigenvalue weighted by Crippen LogP contribution is -2.09. The van der Waals surface area contributed by atoms with E-state index in [1.165, 1.54) is 7.11 Å². The number of aryl methyl sites for hydroxylation is 3. The smallest absolute Gasteiger partial charge is 0.360 e. The number of ether oxygens (including phenoxy) is 1. The van der Waals surface area contributed by atoms with E-state index in [4.69, 9.17) is 5.73 Å². The fraction of sp³-hybridized carbons (Fsp3) is 0.286. The van der Waals surface area contributed by atoms with Crippen molar-refractivity contribution in [1.82, 2.24) is 9.55 Å². The summed E-state index contributed by atoms with van der Waals surface area (Å²) < 4.78 is 6.48. The minimum absolute atomic E-state index is 0.155. The summed E-state index contributed by atoms with van der Waals surface area (Å²) in [6.07, 6.45) is 0. The Labute approximate surface area is 112 Å². The predicted octanol–water partition coefficient (Wildman–Crippen LogP) is 2.17. The molecular weight excluding hydrogens is 242 g/mol. The van der Waals surface area contributed by atoms with E-state index in [1.807, 2.05) is 39.0 Å². The summed E-state index contributed by atoms with van der Waals surface area (Å²) in [5, 5.41) is 0. The minimum Gasteiger partial charge on any atom is -0.464 e. The molecule has 2 N–H and O–H groups in total. The van der Waals surface area contributed by atoms with Gasteiger partial charge in [-0.1, -0.05) is 18.2 Å². The number of hydrogen-bond donors (Lipinski definition) is 1. The van der Waals surface area contributed by atoms with Crippen LogP contribution in [-0.2, 0) is 4.74 Å². The predicted molar refractivity (Wildman–Crippen MR) is 73.5 cm³/mol. The quantitative estimate of drug-likeness (QED) is 0.839. The third-order valence-electron chi connectivity index (χ3n) is 3.12. The zero-order chi connectivity index (χ0) is 14.2. The van der Waals surface area contributed by atoms with Crippen LogP contribution in [0.5, 0.6) is 0 Å². The van der Waals surface area contributed by atoms with Crippen molar-refractivity contribution in [2.75, 3.05) is 12.8 Å². The summed E-state index contributed by atoms with van der Waals surface area (Å²) in [7, 11) is 1.31. The number of carbonyl (C=O) groups is 1. The van der Waals surface area contributed by atoms with Crippen molar-refractivity contribution in [1.29, 1.82) is 0 Å². The van der Waals surface area contributed by atoms with Crippen molar-refractivity contribution < 1.29 is 9.53 Å². The van der Waals surface area contributed by atoms with Crippen LogP contribution in [0.2, 0.25) is 0 Å². The molecule has 0 radical (unpaired) electrons. The first kappa shape index (κ1) is 13.1. The van der Waals surface area contributed by atoms with Crippen LogP contribution < -0.4 is 5.73 Å². The Kier molecular flexibility index (Phi) is 3.29. The molecule has 1 heterocycles. The number of aromatic nitrogens is 2. The lowest BCUT2D eigenvalue weighted by molar-refractivity contribution is 0.0596. The number of esters is 1. The number of nitrogens with zero attached hydrogens (tertiary/aromatic N) is 2. The standard InChI is InChI=1S/C14H17N3O2/c1-8-6-5-7-9(2)12(8)17-10(3)16-11(13(17)15)14(18)19-4/h5-7H,15H2,1-4H3. The van der Waals surface area contributed by atoms with Crippen LogP contribution in [0.25, 0.3) is 5.69 Å². The van der Waals surface area contributed by atoms with Gasteiger partial charge in [-0.15, -0.1) is 0 Å². The molecule has 0 unspecified atom stereocenters. The molecule has 19 heavy (non-hydrogen) atoms. The number of rotatable bonds is 2. The van der Waals surface area contributed by atoms with E-state index >= 15 is 0 Å². The zero-order valence-corrected chi connectivity index (χ0v) is 11.5. The van der Waals surface area contributed by atoms with Crippen molar-refractivity contribution >= 4 is 11.8 Å². The number of nitrogens with two attached hydrogens (primary N) is 1. The minimum atomic E-state index is -0.523. The second kappa shape index (κ2) is 4.76. The zero-order valence-electron chi connectivity index (χ0n) is 11.5. The highest BCUT2D eigenvalue weighted by atomic mass is 16.5. The Morgan fingerprint density at radius 2 is 1.84 bits per heavy atom. The molecule has 5 heteroatoms. The summed E-state index contributed by atoms with van der Waals surface area (Å²) in [5.41, 5.74) is 9.31. The molecule has 0 spiro atoms. The molecule has 100 valence electrons. The topological polar surface area (TPSA) is 70.1 Å². The number of nitrogen functional groups attached to an aromatic ring is 1. The first-order valence-corrected chi connectivity index (χ1v) is 5.97. The monoisotopic (exact) mass is 259 g/mol. The highest BCUT2D eigenvalue weighted by Crippen LogP contribution is 2.26. The number of methoxy groups -OCH3 is 1. The Hall–Kier alpha value is -2.30. The molecule has 0 aliphatic heterocycles. The van der Waals surface area contributed by atoms with Crippen LogP contribution >= 0.6 is 0 Å². The van der Waals surface area contributed by atoms with Gasteiger partial charge in [0.15, 0.2) is 5.69 Å². The van der Waals surface area contributed by atoms with E-state index in [0.29, 0.717) is 11.6 Å². The van der Waals surface area contributed by atoms with Crippen molar-refractivity contribution in [3.05, 3.63) is 40.8 Å². The molecule has 0 atom stereocenters. The maximum atomic E-state index is 11.6. The van der Waals surface area contributed by atoms with Gasteiger partial charge in [-0.3, -0.25) is 4.57 Å². The maximum Gasteiger partial charge on any atom is 0.360 e. The van der Waals surface area contributed by atoms with Crippen LogP contribution in [0, 0.1) is 20.8 Å². The third kappa shape index (κ3) is 2.07. The average molecular weight is 259 g/mol. The highest BCUT2D eigenvalue weighted by Gasteiger charge is 2.21. The largest absolute Gasteiger partial charge is 0.464 e. The molecule has 0 aliphatic rings. The van der Waals surface area contributed by atoms with Crippen LogP contribution in [0.1, 0.15) is 27.4 Å². The summed E-state index contributed by atoms with van der Waals surface area (Å²) in [6.45, 7) is 5.81. The van der Waals surface area contributed by atoms with Crippen LogP contribution in [-0.4, -0.2) is 22.6 Å². The Bertz CT molecular complexity index is 624. The van der Waals surface area contributed by atoms with Gasteiger partial charge in [-0.25, -0.2) is 9.78 Å². The molecule has 0 bridgehead atoms. The molecule has 2 aromatic rings. The highest BCUT2D eigenvalue weighted by molar-refractivity contribution is 5.92. The normalized spacial score (nSPS) is 10.5. The van der Waals surface area contributed by atoms with E-state index in [1.54, 1.807) is 4.57 Å². The molecule has 0 saturated heterocycles. The van der Waals surface area contributed by atoms with E-state index in [0.717, 1.165) is 16.8 Å². The average Bonchev–Trinajstić information content (AvgIpc) is 2.65. The van der Waals surface area contributed by atoms with E-state index in [2.05, 4.69) is 9.72 Å². The van der Waals surface area contributed by atoms with Crippen LogP contribution in [0.3, 0.4) is 0 Å². The molecular formula is C14H17N3O2. The van der Waals surface area contributed by atoms with E-state index in [-0.39, 0.29) is 5.69 Å². The SMILES string of the molecule is COC(=O)c1nc(C)n(-c2c(C)cccc2C)c1N. The lowest BCUT2D eigenvalue weighted by atomic mass is 10.1. The lowest BCUT2D eigenvalue weighted by Gasteiger charge is -2.13. The van der Waals surface area contributed by atoms with Gasteiger partial charge in [0.25, 0.3) is 0 Å². The van der Waals surface area contributed by atoms with Crippen molar-refractivity contribution in [2.45, 2.75) is 20.8 Å². The van der Waals surface area contributed by atoms with Gasteiger partial charge < -0.3 is 10.5 Å². The first-order chi connectivity index (χ1) is 8.97. The molecule has 1 aromatic heterocycles. The van der Waals surface area contributed by atoms with Crippen LogP contribution in [0.15, 0.2) is 18.2 Å². The molecule has 0 aliphatic carbocycles. The molecule has 1 aromatic carbocycles. The Morgan fingerprint density at radius 3 is 2.37 bits per heavy atom. The first-order valence-electron chi connectivity index (χ1n) is 5.97. The molecule has 5 nitrogen and oxygen atoms in total. The maximum absolute atomic E-state index is 11.6. The third-order valence-corrected chi connectivity index (χ3v) is 3.12. The fourth-order valence-corrected chi connectivity index (χ4v) is 2.24. The molecule has 2 rings (SSSR count). The number of hydrogen-bond acceptors (Lipinski definition) is 4. The summed E-state index contributed by atoms with van der Waals surface area (Å²) >= 11 is 0. The number of carbonyl (C=O) groups excluding carboxylic acids is 1. The van der Waals surface area contributed by atoms with Gasteiger partial charge in [0, 0.05) is 0 Å². The Morgan fingerprint density at radius 1 is 1.26 bits per heavy atom. The van der Waals surface area contributed by atoms with Gasteiger partial charge in [-0.05, 0) is 31.9 Å². The van der Waals surface area contributed by atoms with Crippen LogP contribution in [0.4, 0.5) is 5.82 Å². The van der Waals surface area contributed by atoms with E-state index in [9.17, 15) is 4.79 Å². The van der Waals surface area contributed by atoms with Gasteiger partial charge in [0.2, 0.25) is 0 Å². The summed E-state index contributed by atoms with van der Waals surface area (Å²) in [4.78, 5) is 15.8. The Balaban J connectivity index is 2.70. The van der Waals surface area contributed by atoms with E-state index < -0.39 is 5.97 Å². The molecule has 0 amide bonds. The second-order valence-electron chi connectivity index (χ2n) is 4.46. The second-order valence-corrected chi connectivity index (χ2v) is 4.46. The van der Waals surface area contributed by atoms with Gasteiger partial charge in [0.05, 0.1) is 12.8 Å². The molecule has 0 fully saturated rings. The van der Waals surface area contributed by atoms with Crippen molar-refractivity contribution in [3.63, 3.8) is 0 Å². The van der Waals surface area contributed by atoms with Crippen molar-refractivity contribution in [3.8, 4) is 5.69 Å². The number of benzene rings is 1. The number of imidazole rings is 1. The number of para-hydroxylation sites is 1. The molecule has 0 saturated carbocycles. The fourth-order valence-electron chi connectivity index (χ4n) is 2.24.